The van der Waals surface area contributed by atoms with E-state index in [1.807, 2.05) is 6.07 Å². The molecule has 4 rings (SSSR count). The molecule has 0 saturated carbocycles. The molecule has 0 aliphatic carbocycles. The summed E-state index contributed by atoms with van der Waals surface area (Å²) in [6, 6.07) is 7.94. The molecule has 0 unspecified atom stereocenters. The van der Waals surface area contributed by atoms with Crippen molar-refractivity contribution in [3.63, 3.8) is 0 Å². The summed E-state index contributed by atoms with van der Waals surface area (Å²) in [7, 11) is -4.15. The zero-order valence-electron chi connectivity index (χ0n) is 16.5. The number of anilines is 1. The van der Waals surface area contributed by atoms with Crippen molar-refractivity contribution in [3.05, 3.63) is 46.3 Å². The molecule has 1 aliphatic heterocycles. The second-order valence-corrected chi connectivity index (χ2v) is 9.52. The Hall–Kier alpha value is -2.63. The van der Waals surface area contributed by atoms with Crippen molar-refractivity contribution in [3.8, 4) is 6.07 Å². The van der Waals surface area contributed by atoms with E-state index in [2.05, 4.69) is 25.9 Å². The fraction of sp³-hybridized carbons (Fsp3) is 0.316. The second-order valence-electron chi connectivity index (χ2n) is 7.16. The molecule has 4 atom stereocenters. The van der Waals surface area contributed by atoms with Gasteiger partial charge in [-0.2, -0.15) is 13.7 Å². The van der Waals surface area contributed by atoms with Gasteiger partial charge in [0.1, 0.15) is 40.7 Å². The molecular formula is C19H17BrFN5O5S. The number of rotatable bonds is 5. The van der Waals surface area contributed by atoms with Gasteiger partial charge < -0.3 is 15.6 Å². The van der Waals surface area contributed by atoms with Gasteiger partial charge in [-0.15, -0.1) is 0 Å². The van der Waals surface area contributed by atoms with Crippen LogP contribution >= 0.6 is 15.9 Å². The summed E-state index contributed by atoms with van der Waals surface area (Å²) in [6.45, 7) is 1.19. The van der Waals surface area contributed by atoms with Crippen LogP contribution in [0, 0.1) is 18.3 Å². The van der Waals surface area contributed by atoms with Crippen LogP contribution in [-0.4, -0.2) is 53.0 Å². The first-order valence-corrected chi connectivity index (χ1v) is 11.5. The molecule has 10 nitrogen and oxygen atoms in total. The van der Waals surface area contributed by atoms with Gasteiger partial charge in [0.15, 0.2) is 12.4 Å². The Morgan fingerprint density at radius 2 is 2.06 bits per heavy atom. The quantitative estimate of drug-likeness (QED) is 0.475. The summed E-state index contributed by atoms with van der Waals surface area (Å²) in [6.07, 6.45) is -5.24. The minimum Gasteiger partial charge on any atom is -0.387 e. The van der Waals surface area contributed by atoms with Gasteiger partial charge in [0.2, 0.25) is 0 Å². The normalized spacial score (nSPS) is 23.5. The van der Waals surface area contributed by atoms with Crippen molar-refractivity contribution < 1.29 is 26.8 Å². The number of aliphatic hydroxyl groups is 1. The molecule has 0 bridgehead atoms. The third-order valence-electron chi connectivity index (χ3n) is 5.11. The number of fused-ring (bicyclic) bond motifs is 1. The molecule has 13 heteroatoms. The summed E-state index contributed by atoms with van der Waals surface area (Å²) in [5.41, 5.74) is 6.92. The lowest BCUT2D eigenvalue weighted by Crippen LogP contribution is -2.32. The molecule has 0 spiro atoms. The lowest BCUT2D eigenvalue weighted by Gasteiger charge is -2.17. The van der Waals surface area contributed by atoms with Crippen LogP contribution in [0.15, 0.2) is 40.1 Å². The Morgan fingerprint density at radius 1 is 1.38 bits per heavy atom. The van der Waals surface area contributed by atoms with Gasteiger partial charge in [-0.05, 0) is 35.0 Å². The highest BCUT2D eigenvalue weighted by Gasteiger charge is 2.47. The number of ether oxygens (including phenoxy) is 1. The van der Waals surface area contributed by atoms with Crippen molar-refractivity contribution >= 4 is 42.9 Å². The SMILES string of the molecule is Cc1ccc(S(=O)(=O)OC[C@H]2O[C@H](n3c(Br)c(C#N)c4c(N)ncnc43)[C@@H](F)[C@@H]2O)cc1. The van der Waals surface area contributed by atoms with Gasteiger partial charge >= 0.3 is 0 Å². The topological polar surface area (TPSA) is 153 Å². The molecule has 3 N–H and O–H groups in total. The third-order valence-corrected chi connectivity index (χ3v) is 7.18. The summed E-state index contributed by atoms with van der Waals surface area (Å²) in [5, 5.41) is 20.0. The highest BCUT2D eigenvalue weighted by atomic mass is 79.9. The second kappa shape index (κ2) is 8.38. The number of aryl methyl sites for hydroxylation is 1. The summed E-state index contributed by atoms with van der Waals surface area (Å²) in [5.74, 6) is 0.0176. The van der Waals surface area contributed by atoms with E-state index in [-0.39, 0.29) is 31.9 Å². The van der Waals surface area contributed by atoms with E-state index >= 15 is 4.39 Å². The van der Waals surface area contributed by atoms with E-state index in [0.717, 1.165) is 11.9 Å². The Balaban J connectivity index is 1.61. The molecule has 168 valence electrons. The van der Waals surface area contributed by atoms with Crippen LogP contribution < -0.4 is 5.73 Å². The number of hydrogen-bond donors (Lipinski definition) is 2. The highest BCUT2D eigenvalue weighted by molar-refractivity contribution is 9.10. The Bertz CT molecular complexity index is 1320. The number of nitrogen functional groups attached to an aromatic ring is 1. The highest BCUT2D eigenvalue weighted by Crippen LogP contribution is 2.40. The van der Waals surface area contributed by atoms with E-state index in [4.69, 9.17) is 14.7 Å². The van der Waals surface area contributed by atoms with E-state index in [9.17, 15) is 18.8 Å². The number of hydrogen-bond acceptors (Lipinski definition) is 9. The maximum Gasteiger partial charge on any atom is 0.297 e. The van der Waals surface area contributed by atoms with Gasteiger partial charge in [0.05, 0.1) is 22.5 Å². The molecule has 1 saturated heterocycles. The first-order chi connectivity index (χ1) is 15.2. The summed E-state index contributed by atoms with van der Waals surface area (Å²) < 4.78 is 51.9. The van der Waals surface area contributed by atoms with Crippen LogP contribution in [-0.2, 0) is 19.0 Å². The molecule has 2 aromatic heterocycles. The maximum absolute atomic E-state index is 15.0. The third kappa shape index (κ3) is 3.74. The largest absolute Gasteiger partial charge is 0.387 e. The summed E-state index contributed by atoms with van der Waals surface area (Å²) in [4.78, 5) is 7.84. The van der Waals surface area contributed by atoms with Crippen molar-refractivity contribution in [1.82, 2.24) is 14.5 Å². The standard InChI is InChI=1S/C19H17BrFN5O5S/c1-9-2-4-10(5-3-9)32(28,29)30-7-12-15(27)14(21)19(31-12)26-16(20)11(6-22)13-17(23)24-8-25-18(13)26/h2-5,8,12,14-15,19,27H,7H2,1H3,(H2,23,24,25)/t12-,14+,15-,19+/m1/s1. The minimum absolute atomic E-state index is 0.0176. The fourth-order valence-electron chi connectivity index (χ4n) is 3.44. The molecule has 3 heterocycles. The monoisotopic (exact) mass is 525 g/mol. The number of aliphatic hydroxyl groups excluding tert-OH is 1. The summed E-state index contributed by atoms with van der Waals surface area (Å²) >= 11 is 3.24. The minimum atomic E-state index is -4.15. The van der Waals surface area contributed by atoms with Gasteiger partial charge in [-0.25, -0.2) is 14.4 Å². The average molecular weight is 526 g/mol. The van der Waals surface area contributed by atoms with E-state index in [1.54, 1.807) is 19.1 Å². The van der Waals surface area contributed by atoms with Crippen LogP contribution in [0.4, 0.5) is 10.2 Å². The molecule has 1 aliphatic rings. The number of nitriles is 1. The number of alkyl halides is 1. The zero-order chi connectivity index (χ0) is 23.2. The van der Waals surface area contributed by atoms with Crippen molar-refractivity contribution in [2.24, 2.45) is 0 Å². The first-order valence-electron chi connectivity index (χ1n) is 9.29. The number of halogens is 2. The van der Waals surface area contributed by atoms with Crippen LogP contribution in [0.5, 0.6) is 0 Å². The molecule has 1 aromatic carbocycles. The van der Waals surface area contributed by atoms with Gasteiger partial charge in [0, 0.05) is 0 Å². The molecule has 32 heavy (non-hydrogen) atoms. The molecule has 1 fully saturated rings. The fourth-order valence-corrected chi connectivity index (χ4v) is 5.02. The number of aromatic nitrogens is 3. The van der Waals surface area contributed by atoms with Gasteiger partial charge in [-0.1, -0.05) is 17.7 Å². The zero-order valence-corrected chi connectivity index (χ0v) is 18.9. The maximum atomic E-state index is 15.0. The van der Waals surface area contributed by atoms with Crippen LogP contribution in [0.2, 0.25) is 0 Å². The predicted octanol–water partition coefficient (Wildman–Crippen LogP) is 1.96. The van der Waals surface area contributed by atoms with E-state index in [1.165, 1.54) is 16.7 Å². The van der Waals surface area contributed by atoms with Gasteiger partial charge in [-0.3, -0.25) is 8.75 Å². The molecule has 3 aromatic rings. The smallest absolute Gasteiger partial charge is 0.297 e. The van der Waals surface area contributed by atoms with Crippen LogP contribution in [0.1, 0.15) is 17.4 Å². The number of nitrogens with zero attached hydrogens (tertiary/aromatic N) is 4. The van der Waals surface area contributed by atoms with E-state index < -0.39 is 41.3 Å². The van der Waals surface area contributed by atoms with Crippen molar-refractivity contribution in [2.75, 3.05) is 12.3 Å². The Labute approximate surface area is 190 Å². The Morgan fingerprint density at radius 3 is 2.72 bits per heavy atom. The molecule has 0 amide bonds. The van der Waals surface area contributed by atoms with Crippen molar-refractivity contribution in [1.29, 1.82) is 5.26 Å². The molecular weight excluding hydrogens is 509 g/mol. The predicted molar refractivity (Wildman–Crippen MR) is 113 cm³/mol. The lowest BCUT2D eigenvalue weighted by molar-refractivity contribution is -0.0409. The van der Waals surface area contributed by atoms with E-state index in [0.29, 0.717) is 0 Å². The van der Waals surface area contributed by atoms with Gasteiger partial charge in [0.25, 0.3) is 10.1 Å². The lowest BCUT2D eigenvalue weighted by atomic mass is 10.1. The molecule has 0 radical (unpaired) electrons. The number of benzene rings is 1. The average Bonchev–Trinajstić information content (AvgIpc) is 3.20. The Kier molecular flexibility index (Phi) is 5.91. The van der Waals surface area contributed by atoms with Crippen molar-refractivity contribution in [2.45, 2.75) is 36.4 Å². The first kappa shape index (κ1) is 22.6. The van der Waals surface area contributed by atoms with Crippen LogP contribution in [0.25, 0.3) is 11.0 Å². The number of nitrogens with two attached hydrogens (primary N) is 1. The van der Waals surface area contributed by atoms with Crippen LogP contribution in [0.3, 0.4) is 0 Å².